The Morgan fingerprint density at radius 1 is 1.03 bits per heavy atom. The van der Waals surface area contributed by atoms with Gasteiger partial charge in [-0.1, -0.05) is 54.6 Å². The molecule has 32 heavy (non-hydrogen) atoms. The van der Waals surface area contributed by atoms with Gasteiger partial charge in [0.05, 0.1) is 19.1 Å². The quantitative estimate of drug-likeness (QED) is 0.751. The molecule has 0 bridgehead atoms. The maximum absolute atomic E-state index is 13.0. The van der Waals surface area contributed by atoms with Crippen molar-refractivity contribution in [2.45, 2.75) is 58.3 Å². The van der Waals surface area contributed by atoms with E-state index in [9.17, 15) is 14.4 Å². The second-order valence-corrected chi connectivity index (χ2v) is 9.01. The Morgan fingerprint density at radius 3 is 2.31 bits per heavy atom. The van der Waals surface area contributed by atoms with Gasteiger partial charge >= 0.3 is 6.09 Å². The van der Waals surface area contributed by atoms with Crippen molar-refractivity contribution in [3.8, 4) is 0 Å². The van der Waals surface area contributed by atoms with E-state index in [1.165, 1.54) is 4.90 Å². The fourth-order valence-corrected chi connectivity index (χ4v) is 3.67. The number of nitrogens with one attached hydrogen (secondary N) is 2. The van der Waals surface area contributed by atoms with Gasteiger partial charge in [0, 0.05) is 6.42 Å². The molecule has 3 amide bonds. The lowest BCUT2D eigenvalue weighted by Crippen LogP contribution is -2.54. The number of nitrogens with zero attached hydrogens (tertiary/aromatic N) is 1. The van der Waals surface area contributed by atoms with Crippen LogP contribution in [0, 0.1) is 0 Å². The zero-order valence-electron chi connectivity index (χ0n) is 19.1. The lowest BCUT2D eigenvalue weighted by Gasteiger charge is -2.36. The predicted octanol–water partition coefficient (Wildman–Crippen LogP) is 3.34. The summed E-state index contributed by atoms with van der Waals surface area (Å²) in [7, 11) is 0. The third-order valence-electron chi connectivity index (χ3n) is 5.28. The van der Waals surface area contributed by atoms with Gasteiger partial charge in [-0.2, -0.15) is 0 Å². The van der Waals surface area contributed by atoms with Crippen LogP contribution >= 0.6 is 0 Å². The van der Waals surface area contributed by atoms with Crippen LogP contribution in [0.4, 0.5) is 4.79 Å². The van der Waals surface area contributed by atoms with Gasteiger partial charge in [-0.15, -0.1) is 0 Å². The molecule has 2 aromatic rings. The Kier molecular flexibility index (Phi) is 7.18. The van der Waals surface area contributed by atoms with Gasteiger partial charge in [-0.25, -0.2) is 4.79 Å². The number of fused-ring (bicyclic) bond motifs is 1. The number of amides is 3. The van der Waals surface area contributed by atoms with Crippen molar-refractivity contribution in [3.63, 3.8) is 0 Å². The van der Waals surface area contributed by atoms with E-state index >= 15 is 0 Å². The second-order valence-electron chi connectivity index (χ2n) is 9.01. The molecule has 2 atom stereocenters. The van der Waals surface area contributed by atoms with E-state index in [4.69, 9.17) is 4.74 Å². The van der Waals surface area contributed by atoms with Crippen LogP contribution in [0.2, 0.25) is 0 Å². The first-order valence-electron chi connectivity index (χ1n) is 10.8. The van der Waals surface area contributed by atoms with Crippen molar-refractivity contribution >= 4 is 17.9 Å². The second kappa shape index (κ2) is 9.85. The van der Waals surface area contributed by atoms with Gasteiger partial charge in [0.15, 0.2) is 0 Å². The van der Waals surface area contributed by atoms with E-state index in [-0.39, 0.29) is 30.9 Å². The lowest BCUT2D eigenvalue weighted by molar-refractivity contribution is -0.130. The minimum absolute atomic E-state index is 0.170. The molecule has 7 heteroatoms. The van der Waals surface area contributed by atoms with Gasteiger partial charge in [0.1, 0.15) is 11.6 Å². The summed E-state index contributed by atoms with van der Waals surface area (Å²) in [6, 6.07) is 16.4. The molecule has 0 unspecified atom stereocenters. The molecule has 0 saturated heterocycles. The number of carbonyl (C=O) groups is 3. The Balaban J connectivity index is 1.65. The van der Waals surface area contributed by atoms with Gasteiger partial charge in [0.25, 0.3) is 0 Å². The van der Waals surface area contributed by atoms with E-state index in [2.05, 4.69) is 10.6 Å². The number of rotatable bonds is 5. The minimum Gasteiger partial charge on any atom is -0.444 e. The van der Waals surface area contributed by atoms with Crippen molar-refractivity contribution in [3.05, 3.63) is 71.3 Å². The fourth-order valence-electron chi connectivity index (χ4n) is 3.67. The van der Waals surface area contributed by atoms with Crippen LogP contribution in [-0.4, -0.2) is 41.0 Å². The topological polar surface area (TPSA) is 87.7 Å². The van der Waals surface area contributed by atoms with Gasteiger partial charge in [-0.05, 0) is 44.4 Å². The van der Waals surface area contributed by atoms with Crippen LogP contribution in [0.15, 0.2) is 54.6 Å². The molecule has 3 rings (SSSR count). The van der Waals surface area contributed by atoms with E-state index in [0.29, 0.717) is 6.42 Å². The first kappa shape index (κ1) is 23.3. The molecular formula is C25H31N3O4. The third-order valence-corrected chi connectivity index (χ3v) is 5.28. The minimum atomic E-state index is -0.751. The molecule has 0 aliphatic carbocycles. The van der Waals surface area contributed by atoms with Gasteiger partial charge < -0.3 is 15.4 Å². The largest absolute Gasteiger partial charge is 0.444 e. The van der Waals surface area contributed by atoms with Crippen molar-refractivity contribution in [1.29, 1.82) is 0 Å². The average Bonchev–Trinajstić information content (AvgIpc) is 2.76. The fraction of sp³-hybridized carbons (Fsp3) is 0.400. The maximum atomic E-state index is 13.0. The zero-order valence-corrected chi connectivity index (χ0v) is 19.1. The standard InChI is InChI=1S/C25H31N3O4/c1-17(18-10-6-5-7-11-18)27-22(29)15-26-23(30)21-14-19-12-8-9-13-20(19)16-28(21)24(31)32-25(2,3)4/h5-13,17,21H,14-16H2,1-4H3,(H,26,30)(H,27,29)/t17-,21+/m0/s1. The highest BCUT2D eigenvalue weighted by molar-refractivity contribution is 5.90. The van der Waals surface area contributed by atoms with Gasteiger partial charge in [0.2, 0.25) is 11.8 Å². The smallest absolute Gasteiger partial charge is 0.411 e. The van der Waals surface area contributed by atoms with Crippen LogP contribution in [-0.2, 0) is 27.3 Å². The molecule has 2 aromatic carbocycles. The Labute approximate surface area is 189 Å². The van der Waals surface area contributed by atoms with Crippen molar-refractivity contribution in [2.24, 2.45) is 0 Å². The highest BCUT2D eigenvalue weighted by Gasteiger charge is 2.37. The summed E-state index contributed by atoms with van der Waals surface area (Å²) in [5, 5.41) is 5.56. The highest BCUT2D eigenvalue weighted by Crippen LogP contribution is 2.25. The van der Waals surface area contributed by atoms with Crippen molar-refractivity contribution in [1.82, 2.24) is 15.5 Å². The molecule has 0 saturated carbocycles. The normalized spacial score (nSPS) is 16.5. The summed E-state index contributed by atoms with van der Waals surface area (Å²) in [4.78, 5) is 39.7. The molecule has 1 heterocycles. The summed E-state index contributed by atoms with van der Waals surface area (Å²) in [6.45, 7) is 7.36. The molecule has 0 spiro atoms. The van der Waals surface area contributed by atoms with Crippen molar-refractivity contribution < 1.29 is 19.1 Å². The molecule has 0 radical (unpaired) electrons. The van der Waals surface area contributed by atoms with E-state index in [1.807, 2.05) is 61.5 Å². The molecule has 1 aliphatic rings. The Bertz CT molecular complexity index is 969. The lowest BCUT2D eigenvalue weighted by atomic mass is 9.94. The van der Waals surface area contributed by atoms with E-state index in [1.54, 1.807) is 20.8 Å². The number of hydrogen-bond donors (Lipinski definition) is 2. The molecular weight excluding hydrogens is 406 g/mol. The first-order chi connectivity index (χ1) is 15.1. The summed E-state index contributed by atoms with van der Waals surface area (Å²) in [5.74, 6) is -0.678. The highest BCUT2D eigenvalue weighted by atomic mass is 16.6. The summed E-state index contributed by atoms with van der Waals surface area (Å²) >= 11 is 0. The molecule has 170 valence electrons. The number of carbonyl (C=O) groups excluding carboxylic acids is 3. The third kappa shape index (κ3) is 6.09. The average molecular weight is 438 g/mol. The van der Waals surface area contributed by atoms with Crippen LogP contribution in [0.1, 0.15) is 50.4 Å². The molecule has 2 N–H and O–H groups in total. The van der Waals surface area contributed by atoms with Crippen LogP contribution < -0.4 is 10.6 Å². The van der Waals surface area contributed by atoms with Gasteiger partial charge in [-0.3, -0.25) is 14.5 Å². The van der Waals surface area contributed by atoms with Crippen LogP contribution in [0.5, 0.6) is 0 Å². The van der Waals surface area contributed by atoms with E-state index < -0.39 is 17.7 Å². The SMILES string of the molecule is C[C@H](NC(=O)CNC(=O)[C@H]1Cc2ccccc2CN1C(=O)OC(C)(C)C)c1ccccc1. The Morgan fingerprint density at radius 2 is 1.66 bits per heavy atom. The molecule has 0 fully saturated rings. The van der Waals surface area contributed by atoms with Crippen LogP contribution in [0.3, 0.4) is 0 Å². The van der Waals surface area contributed by atoms with Crippen LogP contribution in [0.25, 0.3) is 0 Å². The first-order valence-corrected chi connectivity index (χ1v) is 10.8. The maximum Gasteiger partial charge on any atom is 0.411 e. The summed E-state index contributed by atoms with van der Waals surface area (Å²) < 4.78 is 5.53. The zero-order chi connectivity index (χ0) is 23.3. The molecule has 7 nitrogen and oxygen atoms in total. The monoisotopic (exact) mass is 437 g/mol. The van der Waals surface area contributed by atoms with E-state index in [0.717, 1.165) is 16.7 Å². The number of ether oxygens (including phenoxy) is 1. The predicted molar refractivity (Wildman–Crippen MR) is 122 cm³/mol. The molecule has 1 aliphatic heterocycles. The molecule has 0 aromatic heterocycles. The number of hydrogen-bond acceptors (Lipinski definition) is 4. The summed E-state index contributed by atoms with van der Waals surface area (Å²) in [6.07, 6.45) is -0.183. The summed E-state index contributed by atoms with van der Waals surface area (Å²) in [5.41, 5.74) is 2.29. The Hall–Kier alpha value is -3.35. The van der Waals surface area contributed by atoms with Crippen molar-refractivity contribution in [2.75, 3.05) is 6.54 Å². The number of benzene rings is 2.